The number of benzene rings is 1. The van der Waals surface area contributed by atoms with E-state index in [1.807, 2.05) is 20.0 Å². The smallest absolute Gasteiger partial charge is 0.128 e. The molecule has 2 aromatic rings. The van der Waals surface area contributed by atoms with E-state index in [0.717, 1.165) is 23.6 Å². The van der Waals surface area contributed by atoms with Crippen LogP contribution in [0.1, 0.15) is 16.7 Å². The first-order valence-electron chi connectivity index (χ1n) is 6.05. The summed E-state index contributed by atoms with van der Waals surface area (Å²) in [5.41, 5.74) is 10.2. The Morgan fingerprint density at radius 1 is 1.22 bits per heavy atom. The van der Waals surface area contributed by atoms with Gasteiger partial charge in [-0.2, -0.15) is 0 Å². The first-order valence-corrected chi connectivity index (χ1v) is 6.05. The molecule has 1 aromatic heterocycles. The van der Waals surface area contributed by atoms with Crippen molar-refractivity contribution in [2.24, 2.45) is 0 Å². The lowest BCUT2D eigenvalue weighted by molar-refractivity contribution is 0.895. The Hall–Kier alpha value is -2.03. The van der Waals surface area contributed by atoms with Crippen molar-refractivity contribution in [1.82, 2.24) is 4.98 Å². The molecule has 2 rings (SSSR count). The highest BCUT2D eigenvalue weighted by molar-refractivity contribution is 5.52. The molecule has 1 heterocycles. The summed E-state index contributed by atoms with van der Waals surface area (Å²) in [4.78, 5) is 6.48. The van der Waals surface area contributed by atoms with Gasteiger partial charge in [0.1, 0.15) is 5.82 Å². The van der Waals surface area contributed by atoms with Crippen molar-refractivity contribution < 1.29 is 0 Å². The maximum Gasteiger partial charge on any atom is 0.128 e. The Kier molecular flexibility index (Phi) is 3.51. The van der Waals surface area contributed by atoms with E-state index in [2.05, 4.69) is 41.1 Å². The maximum atomic E-state index is 5.78. The van der Waals surface area contributed by atoms with E-state index < -0.39 is 0 Å². The second-order valence-corrected chi connectivity index (χ2v) is 4.74. The lowest BCUT2D eigenvalue weighted by Gasteiger charge is -2.19. The Labute approximate surface area is 108 Å². The molecule has 0 fully saturated rings. The van der Waals surface area contributed by atoms with E-state index in [9.17, 15) is 0 Å². The zero-order valence-corrected chi connectivity index (χ0v) is 11.1. The molecule has 18 heavy (non-hydrogen) atoms. The number of pyridine rings is 1. The molecule has 94 valence electrons. The van der Waals surface area contributed by atoms with Crippen LogP contribution in [0.25, 0.3) is 0 Å². The third-order valence-electron chi connectivity index (χ3n) is 3.03. The fraction of sp³-hybridized carbons (Fsp3) is 0.267. The van der Waals surface area contributed by atoms with Crippen molar-refractivity contribution in [2.75, 3.05) is 17.7 Å². The molecule has 0 spiro atoms. The van der Waals surface area contributed by atoms with Gasteiger partial charge in [-0.05, 0) is 31.0 Å². The number of nitrogens with two attached hydrogens (primary N) is 1. The van der Waals surface area contributed by atoms with Crippen LogP contribution in [0.2, 0.25) is 0 Å². The zero-order valence-electron chi connectivity index (χ0n) is 11.1. The monoisotopic (exact) mass is 241 g/mol. The summed E-state index contributed by atoms with van der Waals surface area (Å²) in [5.74, 6) is 0.947. The van der Waals surface area contributed by atoms with Crippen LogP contribution < -0.4 is 10.6 Å². The molecule has 0 aliphatic rings. The van der Waals surface area contributed by atoms with Gasteiger partial charge in [0.2, 0.25) is 0 Å². The molecule has 1 aromatic carbocycles. The van der Waals surface area contributed by atoms with E-state index in [1.165, 1.54) is 11.1 Å². The fourth-order valence-electron chi connectivity index (χ4n) is 1.93. The van der Waals surface area contributed by atoms with Crippen LogP contribution in [-0.2, 0) is 6.54 Å². The molecule has 0 saturated heterocycles. The van der Waals surface area contributed by atoms with Gasteiger partial charge in [0.05, 0.1) is 11.9 Å². The Balaban J connectivity index is 2.16. The lowest BCUT2D eigenvalue weighted by atomic mass is 10.1. The Morgan fingerprint density at radius 2 is 2.00 bits per heavy atom. The molecule has 2 N–H and O–H groups in total. The minimum atomic E-state index is 0.739. The van der Waals surface area contributed by atoms with Gasteiger partial charge in [0.25, 0.3) is 0 Å². The van der Waals surface area contributed by atoms with Crippen LogP contribution in [-0.4, -0.2) is 12.0 Å². The average molecular weight is 241 g/mol. The van der Waals surface area contributed by atoms with Crippen LogP contribution in [0.5, 0.6) is 0 Å². The molecule has 0 aliphatic carbocycles. The number of anilines is 2. The predicted molar refractivity (Wildman–Crippen MR) is 76.7 cm³/mol. The van der Waals surface area contributed by atoms with Gasteiger partial charge in [0.15, 0.2) is 0 Å². The molecule has 0 radical (unpaired) electrons. The molecular weight excluding hydrogens is 222 g/mol. The molecular formula is C15H19N3. The molecule has 0 atom stereocenters. The van der Waals surface area contributed by atoms with Crippen LogP contribution in [0.3, 0.4) is 0 Å². The highest BCUT2D eigenvalue weighted by Gasteiger charge is 2.05. The van der Waals surface area contributed by atoms with Crippen molar-refractivity contribution in [3.8, 4) is 0 Å². The van der Waals surface area contributed by atoms with Crippen molar-refractivity contribution >= 4 is 11.5 Å². The normalized spacial score (nSPS) is 10.4. The largest absolute Gasteiger partial charge is 0.397 e. The van der Waals surface area contributed by atoms with Crippen LogP contribution >= 0.6 is 0 Å². The molecule has 0 aliphatic heterocycles. The topological polar surface area (TPSA) is 42.1 Å². The lowest BCUT2D eigenvalue weighted by Crippen LogP contribution is -2.18. The first kappa shape index (κ1) is 12.4. The van der Waals surface area contributed by atoms with Gasteiger partial charge in [-0.1, -0.05) is 29.8 Å². The van der Waals surface area contributed by atoms with E-state index in [1.54, 1.807) is 6.20 Å². The standard InChI is InChI=1S/C15H19N3/c1-11-5-4-6-13(7-11)10-18(3)15-8-12(2)14(16)9-17-15/h4-9H,10,16H2,1-3H3. The highest BCUT2D eigenvalue weighted by atomic mass is 15.2. The van der Waals surface area contributed by atoms with E-state index in [4.69, 9.17) is 5.73 Å². The number of aromatic nitrogens is 1. The third-order valence-corrected chi connectivity index (χ3v) is 3.03. The summed E-state index contributed by atoms with van der Waals surface area (Å²) in [6, 6.07) is 10.5. The molecule has 0 amide bonds. The van der Waals surface area contributed by atoms with Crippen LogP contribution in [0.4, 0.5) is 11.5 Å². The maximum absolute atomic E-state index is 5.78. The highest BCUT2D eigenvalue weighted by Crippen LogP contribution is 2.18. The number of hydrogen-bond acceptors (Lipinski definition) is 3. The van der Waals surface area contributed by atoms with E-state index in [-0.39, 0.29) is 0 Å². The average Bonchev–Trinajstić information content (AvgIpc) is 2.32. The van der Waals surface area contributed by atoms with Crippen molar-refractivity contribution in [3.63, 3.8) is 0 Å². The van der Waals surface area contributed by atoms with Gasteiger partial charge in [-0.15, -0.1) is 0 Å². The Morgan fingerprint density at radius 3 is 2.67 bits per heavy atom. The van der Waals surface area contributed by atoms with E-state index >= 15 is 0 Å². The first-order chi connectivity index (χ1) is 8.56. The fourth-order valence-corrected chi connectivity index (χ4v) is 1.93. The summed E-state index contributed by atoms with van der Waals surface area (Å²) >= 11 is 0. The summed E-state index contributed by atoms with van der Waals surface area (Å²) in [5, 5.41) is 0. The summed E-state index contributed by atoms with van der Waals surface area (Å²) < 4.78 is 0. The number of rotatable bonds is 3. The van der Waals surface area contributed by atoms with E-state index in [0.29, 0.717) is 0 Å². The van der Waals surface area contributed by atoms with Gasteiger partial charge in [-0.25, -0.2) is 4.98 Å². The van der Waals surface area contributed by atoms with Gasteiger partial charge >= 0.3 is 0 Å². The molecule has 0 unspecified atom stereocenters. The number of hydrogen-bond donors (Lipinski definition) is 1. The number of aryl methyl sites for hydroxylation is 2. The minimum Gasteiger partial charge on any atom is -0.397 e. The second kappa shape index (κ2) is 5.08. The quantitative estimate of drug-likeness (QED) is 0.898. The number of nitrogens with zero attached hydrogens (tertiary/aromatic N) is 2. The summed E-state index contributed by atoms with van der Waals surface area (Å²) in [7, 11) is 2.04. The number of nitrogen functional groups attached to an aromatic ring is 1. The van der Waals surface area contributed by atoms with Crippen LogP contribution in [0.15, 0.2) is 36.5 Å². The third kappa shape index (κ3) is 2.80. The molecule has 0 saturated carbocycles. The predicted octanol–water partition coefficient (Wildman–Crippen LogP) is 2.92. The van der Waals surface area contributed by atoms with Gasteiger partial charge < -0.3 is 10.6 Å². The van der Waals surface area contributed by atoms with Crippen molar-refractivity contribution in [1.29, 1.82) is 0 Å². The molecule has 3 heteroatoms. The van der Waals surface area contributed by atoms with Crippen LogP contribution in [0, 0.1) is 13.8 Å². The minimum absolute atomic E-state index is 0.739. The summed E-state index contributed by atoms with van der Waals surface area (Å²) in [6.07, 6.45) is 1.72. The summed E-state index contributed by atoms with van der Waals surface area (Å²) in [6.45, 7) is 4.95. The van der Waals surface area contributed by atoms with Crippen molar-refractivity contribution in [2.45, 2.75) is 20.4 Å². The van der Waals surface area contributed by atoms with Gasteiger partial charge in [-0.3, -0.25) is 0 Å². The molecule has 3 nitrogen and oxygen atoms in total. The second-order valence-electron chi connectivity index (χ2n) is 4.74. The van der Waals surface area contributed by atoms with Gasteiger partial charge in [0, 0.05) is 13.6 Å². The van der Waals surface area contributed by atoms with Crippen molar-refractivity contribution in [3.05, 3.63) is 53.2 Å². The Bertz CT molecular complexity index is 549. The molecule has 0 bridgehead atoms. The zero-order chi connectivity index (χ0) is 13.1. The SMILES string of the molecule is Cc1cccc(CN(C)c2cc(C)c(N)cn2)c1.